The van der Waals surface area contributed by atoms with Crippen LogP contribution < -0.4 is 16.0 Å². The first kappa shape index (κ1) is 29.0. The molecular weight excluding hydrogens is 496 g/mol. The number of nitrogens with one attached hydrogen (secondary N) is 3. The van der Waals surface area contributed by atoms with Gasteiger partial charge in [0.25, 0.3) is 0 Å². The second kappa shape index (κ2) is 12.9. The van der Waals surface area contributed by atoms with Crippen molar-refractivity contribution in [3.63, 3.8) is 0 Å². The first-order chi connectivity index (χ1) is 18.6. The van der Waals surface area contributed by atoms with Crippen LogP contribution in [0, 0.1) is 5.92 Å². The minimum atomic E-state index is -0.800. The Morgan fingerprint density at radius 3 is 2.56 bits per heavy atom. The van der Waals surface area contributed by atoms with Crippen LogP contribution in [-0.2, 0) is 22.4 Å². The molecule has 0 spiro atoms. The smallest absolute Gasteiger partial charge is 0.408 e. The molecule has 0 radical (unpaired) electrons. The van der Waals surface area contributed by atoms with Gasteiger partial charge in [-0.2, -0.15) is 0 Å². The molecule has 0 bridgehead atoms. The predicted octanol–water partition coefficient (Wildman–Crippen LogP) is 2.13. The van der Waals surface area contributed by atoms with Crippen molar-refractivity contribution in [3.8, 4) is 0 Å². The van der Waals surface area contributed by atoms with E-state index in [0.29, 0.717) is 32.5 Å². The van der Waals surface area contributed by atoms with E-state index in [-0.39, 0.29) is 18.5 Å². The molecule has 2 amide bonds. The van der Waals surface area contributed by atoms with Crippen molar-refractivity contribution in [2.24, 2.45) is 5.92 Å². The Morgan fingerprint density at radius 1 is 1.10 bits per heavy atom. The van der Waals surface area contributed by atoms with Crippen molar-refractivity contribution in [2.45, 2.75) is 70.1 Å². The fourth-order valence-corrected chi connectivity index (χ4v) is 5.43. The molecule has 1 aliphatic carbocycles. The van der Waals surface area contributed by atoms with Crippen molar-refractivity contribution in [1.82, 2.24) is 20.9 Å². The van der Waals surface area contributed by atoms with Crippen LogP contribution in [0.1, 0.15) is 49.9 Å². The number of rotatable bonds is 9. The van der Waals surface area contributed by atoms with Crippen molar-refractivity contribution in [3.05, 3.63) is 71.3 Å². The second-order valence-electron chi connectivity index (χ2n) is 11.6. The summed E-state index contributed by atoms with van der Waals surface area (Å²) in [7, 11) is 0. The molecule has 5 N–H and O–H groups in total. The van der Waals surface area contributed by atoms with Crippen LogP contribution >= 0.6 is 0 Å². The number of hydrogen-bond donors (Lipinski definition) is 5. The molecule has 9 heteroatoms. The van der Waals surface area contributed by atoms with Crippen molar-refractivity contribution < 1.29 is 24.5 Å². The molecule has 2 aromatic carbocycles. The Bertz CT molecular complexity index is 1110. The SMILES string of the molecule is CC(C)(C)OC(=O)NC1CNCCN1CC(O)CC(Cc1ccccc1)C(=O)NC1c2ccccc2CC1O. The summed E-state index contributed by atoms with van der Waals surface area (Å²) in [6.45, 7) is 7.63. The molecule has 1 saturated heterocycles. The van der Waals surface area contributed by atoms with E-state index in [9.17, 15) is 19.8 Å². The molecule has 5 atom stereocenters. The molecule has 0 aromatic heterocycles. The molecule has 1 fully saturated rings. The maximum atomic E-state index is 13.6. The van der Waals surface area contributed by atoms with Gasteiger partial charge >= 0.3 is 6.09 Å². The molecule has 1 aliphatic heterocycles. The fraction of sp³-hybridized carbons (Fsp3) is 0.533. The van der Waals surface area contributed by atoms with Gasteiger partial charge in [-0.15, -0.1) is 0 Å². The van der Waals surface area contributed by atoms with E-state index >= 15 is 0 Å². The highest BCUT2D eigenvalue weighted by Gasteiger charge is 2.35. The van der Waals surface area contributed by atoms with Crippen molar-refractivity contribution >= 4 is 12.0 Å². The summed E-state index contributed by atoms with van der Waals surface area (Å²) in [5, 5.41) is 31.1. The zero-order valence-corrected chi connectivity index (χ0v) is 23.1. The summed E-state index contributed by atoms with van der Waals surface area (Å²) in [5.41, 5.74) is 2.37. The molecular formula is C30H42N4O5. The number of benzene rings is 2. The Hall–Kier alpha value is -2.98. The van der Waals surface area contributed by atoms with E-state index < -0.39 is 35.9 Å². The number of carbonyl (C=O) groups excluding carboxylic acids is 2. The molecule has 5 unspecified atom stereocenters. The van der Waals surface area contributed by atoms with Gasteiger partial charge in [0, 0.05) is 38.5 Å². The highest BCUT2D eigenvalue weighted by molar-refractivity contribution is 5.80. The van der Waals surface area contributed by atoms with E-state index in [2.05, 4.69) is 16.0 Å². The third-order valence-corrected chi connectivity index (χ3v) is 7.24. The number of amides is 2. The highest BCUT2D eigenvalue weighted by atomic mass is 16.6. The van der Waals surface area contributed by atoms with Crippen LogP contribution in [0.2, 0.25) is 0 Å². The van der Waals surface area contributed by atoms with Crippen LogP contribution in [0.25, 0.3) is 0 Å². The van der Waals surface area contributed by atoms with E-state index in [1.54, 1.807) is 0 Å². The lowest BCUT2D eigenvalue weighted by Gasteiger charge is -2.38. The minimum absolute atomic E-state index is 0.192. The van der Waals surface area contributed by atoms with E-state index in [4.69, 9.17) is 4.74 Å². The first-order valence-electron chi connectivity index (χ1n) is 13.8. The van der Waals surface area contributed by atoms with Gasteiger partial charge in [-0.25, -0.2) is 4.79 Å². The van der Waals surface area contributed by atoms with Gasteiger partial charge in [0.15, 0.2) is 0 Å². The van der Waals surface area contributed by atoms with Crippen LogP contribution in [-0.4, -0.2) is 77.3 Å². The Balaban J connectivity index is 1.42. The maximum absolute atomic E-state index is 13.6. The number of alkyl carbamates (subject to hydrolysis) is 1. The number of hydrogen-bond acceptors (Lipinski definition) is 7. The number of piperazine rings is 1. The molecule has 212 valence electrons. The van der Waals surface area contributed by atoms with Gasteiger partial charge in [0.2, 0.25) is 5.91 Å². The summed E-state index contributed by atoms with van der Waals surface area (Å²) in [6.07, 6.45) is -1.12. The standard InChI is InChI=1S/C30H42N4O5/c1-30(2,3)39-29(38)32-26-18-31-13-14-34(26)19-23(35)16-22(15-20-9-5-4-6-10-20)28(37)33-27-24-12-8-7-11-21(24)17-25(27)36/h4-12,22-23,25-27,31,35-36H,13-19H2,1-3H3,(H,32,38)(H,33,37). The van der Waals surface area contributed by atoms with Gasteiger partial charge in [-0.3, -0.25) is 9.69 Å². The van der Waals surface area contributed by atoms with Crippen molar-refractivity contribution in [2.75, 3.05) is 26.2 Å². The fourth-order valence-electron chi connectivity index (χ4n) is 5.43. The molecule has 2 aromatic rings. The Kier molecular flexibility index (Phi) is 9.61. The molecule has 2 aliphatic rings. The number of fused-ring (bicyclic) bond motifs is 1. The van der Waals surface area contributed by atoms with Gasteiger partial charge in [-0.1, -0.05) is 54.6 Å². The molecule has 0 saturated carbocycles. The van der Waals surface area contributed by atoms with Gasteiger partial charge in [0.05, 0.1) is 24.4 Å². The number of carbonyl (C=O) groups is 2. The molecule has 9 nitrogen and oxygen atoms in total. The van der Waals surface area contributed by atoms with Crippen LogP contribution in [0.3, 0.4) is 0 Å². The van der Waals surface area contributed by atoms with Crippen LogP contribution in [0.5, 0.6) is 0 Å². The number of aliphatic hydroxyl groups is 2. The molecule has 39 heavy (non-hydrogen) atoms. The summed E-state index contributed by atoms with van der Waals surface area (Å²) < 4.78 is 5.41. The number of β-amino-alcohol motifs (C(OH)–C–C–N with tert-alkyl or cyclic N) is 1. The lowest BCUT2D eigenvalue weighted by atomic mass is 9.91. The van der Waals surface area contributed by atoms with E-state index in [1.807, 2.05) is 80.3 Å². The summed E-state index contributed by atoms with van der Waals surface area (Å²) in [5.74, 6) is -0.690. The average Bonchev–Trinajstić information content (AvgIpc) is 3.19. The Morgan fingerprint density at radius 2 is 1.82 bits per heavy atom. The number of aliphatic hydroxyl groups excluding tert-OH is 2. The van der Waals surface area contributed by atoms with Crippen LogP contribution in [0.15, 0.2) is 54.6 Å². The third kappa shape index (κ3) is 8.25. The second-order valence-corrected chi connectivity index (χ2v) is 11.6. The normalized spacial score (nSPS) is 22.9. The largest absolute Gasteiger partial charge is 0.444 e. The summed E-state index contributed by atoms with van der Waals surface area (Å²) in [4.78, 5) is 28.0. The van der Waals surface area contributed by atoms with Gasteiger partial charge in [0.1, 0.15) is 5.60 Å². The molecule has 1 heterocycles. The predicted molar refractivity (Wildman–Crippen MR) is 149 cm³/mol. The lowest BCUT2D eigenvalue weighted by Crippen LogP contribution is -2.61. The summed E-state index contributed by atoms with van der Waals surface area (Å²) in [6, 6.07) is 17.1. The highest BCUT2D eigenvalue weighted by Crippen LogP contribution is 2.32. The maximum Gasteiger partial charge on any atom is 0.408 e. The molecule has 4 rings (SSSR count). The zero-order chi connectivity index (χ0) is 28.0. The number of nitrogens with zero attached hydrogens (tertiary/aromatic N) is 1. The van der Waals surface area contributed by atoms with Crippen LogP contribution in [0.4, 0.5) is 4.79 Å². The quantitative estimate of drug-likeness (QED) is 0.331. The average molecular weight is 539 g/mol. The van der Waals surface area contributed by atoms with Crippen molar-refractivity contribution in [1.29, 1.82) is 0 Å². The topological polar surface area (TPSA) is 123 Å². The van der Waals surface area contributed by atoms with E-state index in [1.165, 1.54) is 0 Å². The number of ether oxygens (including phenoxy) is 1. The lowest BCUT2D eigenvalue weighted by molar-refractivity contribution is -0.127. The Labute approximate surface area is 230 Å². The first-order valence-corrected chi connectivity index (χ1v) is 13.8. The monoisotopic (exact) mass is 538 g/mol. The van der Waals surface area contributed by atoms with E-state index in [0.717, 1.165) is 23.2 Å². The minimum Gasteiger partial charge on any atom is -0.444 e. The zero-order valence-electron chi connectivity index (χ0n) is 23.1. The third-order valence-electron chi connectivity index (χ3n) is 7.24. The van der Waals surface area contributed by atoms with Gasteiger partial charge in [-0.05, 0) is 50.3 Å². The van der Waals surface area contributed by atoms with Gasteiger partial charge < -0.3 is 30.9 Å². The summed E-state index contributed by atoms with van der Waals surface area (Å²) >= 11 is 0.